The lowest BCUT2D eigenvalue weighted by Crippen LogP contribution is -2.06. The number of methoxy groups -OCH3 is 1. The van der Waals surface area contributed by atoms with Crippen LogP contribution in [0.1, 0.15) is 23.6 Å². The number of fused-ring (bicyclic) bond motifs is 1. The molecule has 0 saturated heterocycles. The van der Waals surface area contributed by atoms with E-state index in [9.17, 15) is 8.78 Å². The molecule has 2 nitrogen and oxygen atoms in total. The molecule has 76 valence electrons. The van der Waals surface area contributed by atoms with Crippen molar-refractivity contribution in [3.8, 4) is 5.75 Å². The summed E-state index contributed by atoms with van der Waals surface area (Å²) in [6, 6.07) is 0.971. The molecule has 0 saturated carbocycles. The van der Waals surface area contributed by atoms with E-state index in [0.29, 0.717) is 24.0 Å². The maximum atomic E-state index is 13.2. The Bertz CT molecular complexity index is 379. The Labute approximate surface area is 80.7 Å². The number of nitrogens with two attached hydrogens (primary N) is 1. The van der Waals surface area contributed by atoms with Crippen molar-refractivity contribution in [2.75, 3.05) is 7.11 Å². The first-order valence-electron chi connectivity index (χ1n) is 4.45. The van der Waals surface area contributed by atoms with Crippen LogP contribution < -0.4 is 10.5 Å². The van der Waals surface area contributed by atoms with Crippen molar-refractivity contribution in [3.05, 3.63) is 28.8 Å². The van der Waals surface area contributed by atoms with Crippen molar-refractivity contribution in [2.24, 2.45) is 5.73 Å². The van der Waals surface area contributed by atoms with Gasteiger partial charge in [0.25, 0.3) is 0 Å². The second-order valence-corrected chi connectivity index (χ2v) is 3.42. The summed E-state index contributed by atoms with van der Waals surface area (Å²) in [7, 11) is 1.34. The van der Waals surface area contributed by atoms with E-state index in [2.05, 4.69) is 0 Å². The molecule has 1 aliphatic carbocycles. The van der Waals surface area contributed by atoms with Crippen molar-refractivity contribution in [2.45, 2.75) is 18.9 Å². The Kier molecular flexibility index (Phi) is 2.15. The molecule has 2 N–H and O–H groups in total. The molecule has 0 aliphatic heterocycles. The average molecular weight is 199 g/mol. The summed E-state index contributed by atoms with van der Waals surface area (Å²) in [4.78, 5) is 0. The monoisotopic (exact) mass is 199 g/mol. The third kappa shape index (κ3) is 1.18. The number of halogens is 2. The van der Waals surface area contributed by atoms with Gasteiger partial charge in [-0.2, -0.15) is 4.39 Å². The van der Waals surface area contributed by atoms with E-state index in [1.165, 1.54) is 13.2 Å². The SMILES string of the molecule is COc1c(F)c(F)cc2c1CC[C@@H]2N. The lowest BCUT2D eigenvalue weighted by atomic mass is 10.1. The lowest BCUT2D eigenvalue weighted by Gasteiger charge is -2.10. The zero-order valence-corrected chi connectivity index (χ0v) is 7.81. The maximum absolute atomic E-state index is 13.2. The predicted molar refractivity (Wildman–Crippen MR) is 48.2 cm³/mol. The van der Waals surface area contributed by atoms with E-state index < -0.39 is 11.6 Å². The zero-order chi connectivity index (χ0) is 10.3. The normalized spacial score (nSPS) is 19.6. The van der Waals surface area contributed by atoms with Crippen LogP contribution in [-0.2, 0) is 6.42 Å². The third-order valence-corrected chi connectivity index (χ3v) is 2.62. The van der Waals surface area contributed by atoms with Crippen LogP contribution in [0.15, 0.2) is 6.07 Å². The predicted octanol–water partition coefficient (Wildman–Crippen LogP) is 1.92. The molecular formula is C10H11F2NO. The smallest absolute Gasteiger partial charge is 0.200 e. The summed E-state index contributed by atoms with van der Waals surface area (Å²) in [5.41, 5.74) is 7.12. The first-order chi connectivity index (χ1) is 6.65. The van der Waals surface area contributed by atoms with Crippen molar-refractivity contribution in [1.29, 1.82) is 0 Å². The van der Waals surface area contributed by atoms with Gasteiger partial charge in [0, 0.05) is 11.6 Å². The van der Waals surface area contributed by atoms with Crippen molar-refractivity contribution < 1.29 is 13.5 Å². The van der Waals surface area contributed by atoms with Gasteiger partial charge in [0.05, 0.1) is 7.11 Å². The van der Waals surface area contributed by atoms with Crippen LogP contribution in [0.2, 0.25) is 0 Å². The van der Waals surface area contributed by atoms with Crippen molar-refractivity contribution >= 4 is 0 Å². The molecule has 0 bridgehead atoms. The maximum Gasteiger partial charge on any atom is 0.200 e. The van der Waals surface area contributed by atoms with E-state index in [1.54, 1.807) is 0 Å². The molecule has 0 spiro atoms. The summed E-state index contributed by atoms with van der Waals surface area (Å²) < 4.78 is 31.2. The van der Waals surface area contributed by atoms with Crippen LogP contribution in [-0.4, -0.2) is 7.11 Å². The standard InChI is InChI=1S/C10H11F2NO/c1-14-10-5-2-3-8(13)6(5)4-7(11)9(10)12/h4,8H,2-3,13H2,1H3/t8-/m0/s1. The van der Waals surface area contributed by atoms with E-state index in [0.717, 1.165) is 0 Å². The fraction of sp³-hybridized carbons (Fsp3) is 0.400. The fourth-order valence-electron chi connectivity index (χ4n) is 1.92. The van der Waals surface area contributed by atoms with Gasteiger partial charge in [0.1, 0.15) is 0 Å². The first-order valence-corrected chi connectivity index (χ1v) is 4.45. The minimum absolute atomic E-state index is 0.00736. The van der Waals surface area contributed by atoms with Crippen LogP contribution in [0, 0.1) is 11.6 Å². The first kappa shape index (κ1) is 9.40. The zero-order valence-electron chi connectivity index (χ0n) is 7.81. The molecule has 1 aromatic carbocycles. The van der Waals surface area contributed by atoms with Crippen molar-refractivity contribution in [3.63, 3.8) is 0 Å². The van der Waals surface area contributed by atoms with Gasteiger partial charge >= 0.3 is 0 Å². The fourth-order valence-corrected chi connectivity index (χ4v) is 1.92. The van der Waals surface area contributed by atoms with Crippen molar-refractivity contribution in [1.82, 2.24) is 0 Å². The lowest BCUT2D eigenvalue weighted by molar-refractivity contribution is 0.367. The van der Waals surface area contributed by atoms with Crippen LogP contribution in [0.25, 0.3) is 0 Å². The van der Waals surface area contributed by atoms with Gasteiger partial charge in [-0.15, -0.1) is 0 Å². The number of hydrogen-bond donors (Lipinski definition) is 1. The molecule has 0 amide bonds. The molecule has 4 heteroatoms. The van der Waals surface area contributed by atoms with Crippen LogP contribution in [0.5, 0.6) is 5.75 Å². The Morgan fingerprint density at radius 2 is 2.21 bits per heavy atom. The summed E-state index contributed by atoms with van der Waals surface area (Å²) >= 11 is 0. The number of ether oxygens (including phenoxy) is 1. The highest BCUT2D eigenvalue weighted by atomic mass is 19.2. The summed E-state index contributed by atoms with van der Waals surface area (Å²) in [5.74, 6) is -1.80. The summed E-state index contributed by atoms with van der Waals surface area (Å²) in [5, 5.41) is 0. The van der Waals surface area contributed by atoms with E-state index >= 15 is 0 Å². The van der Waals surface area contributed by atoms with E-state index in [-0.39, 0.29) is 11.8 Å². The Hall–Kier alpha value is -1.16. The number of hydrogen-bond acceptors (Lipinski definition) is 2. The number of rotatable bonds is 1. The van der Waals surface area contributed by atoms with E-state index in [1.807, 2.05) is 0 Å². The molecular weight excluding hydrogens is 188 g/mol. The minimum atomic E-state index is -0.916. The molecule has 0 heterocycles. The summed E-state index contributed by atoms with van der Waals surface area (Å²) in [6.45, 7) is 0. The van der Waals surface area contributed by atoms with Crippen LogP contribution in [0.4, 0.5) is 8.78 Å². The highest BCUT2D eigenvalue weighted by molar-refractivity contribution is 5.46. The Balaban J connectivity index is 2.65. The van der Waals surface area contributed by atoms with Gasteiger partial charge in [-0.3, -0.25) is 0 Å². The van der Waals surface area contributed by atoms with Gasteiger partial charge in [-0.1, -0.05) is 0 Å². The second-order valence-electron chi connectivity index (χ2n) is 3.42. The molecule has 0 aromatic heterocycles. The highest BCUT2D eigenvalue weighted by Crippen LogP contribution is 2.38. The Morgan fingerprint density at radius 3 is 2.86 bits per heavy atom. The number of benzene rings is 1. The topological polar surface area (TPSA) is 35.2 Å². The van der Waals surface area contributed by atoms with Gasteiger partial charge < -0.3 is 10.5 Å². The molecule has 2 rings (SSSR count). The average Bonchev–Trinajstić information content (AvgIpc) is 2.51. The van der Waals surface area contributed by atoms with Crippen LogP contribution >= 0.6 is 0 Å². The van der Waals surface area contributed by atoms with Crippen LogP contribution in [0.3, 0.4) is 0 Å². The molecule has 0 fully saturated rings. The van der Waals surface area contributed by atoms with Gasteiger partial charge in [0.2, 0.25) is 5.82 Å². The largest absolute Gasteiger partial charge is 0.493 e. The quantitative estimate of drug-likeness (QED) is 0.749. The van der Waals surface area contributed by atoms with Gasteiger partial charge in [-0.25, -0.2) is 4.39 Å². The molecule has 1 aromatic rings. The molecule has 14 heavy (non-hydrogen) atoms. The highest BCUT2D eigenvalue weighted by Gasteiger charge is 2.27. The van der Waals surface area contributed by atoms with E-state index in [4.69, 9.17) is 10.5 Å². The molecule has 1 atom stereocenters. The third-order valence-electron chi connectivity index (χ3n) is 2.62. The van der Waals surface area contributed by atoms with Gasteiger partial charge in [-0.05, 0) is 24.5 Å². The molecule has 0 radical (unpaired) electrons. The second kappa shape index (κ2) is 3.20. The molecule has 1 aliphatic rings. The molecule has 0 unspecified atom stereocenters. The minimum Gasteiger partial charge on any atom is -0.493 e. The Morgan fingerprint density at radius 1 is 1.50 bits per heavy atom. The van der Waals surface area contributed by atoms with Gasteiger partial charge in [0.15, 0.2) is 11.6 Å². The summed E-state index contributed by atoms with van der Waals surface area (Å²) in [6.07, 6.45) is 1.37.